The Bertz CT molecular complexity index is 1050. The summed E-state index contributed by atoms with van der Waals surface area (Å²) in [6.07, 6.45) is 5.03. The van der Waals surface area contributed by atoms with Gasteiger partial charge in [-0.1, -0.05) is 36.4 Å². The maximum atomic E-state index is 11.8. The normalized spacial score (nSPS) is 16.4. The van der Waals surface area contributed by atoms with Gasteiger partial charge >= 0.3 is 0 Å². The van der Waals surface area contributed by atoms with Crippen molar-refractivity contribution in [2.75, 3.05) is 25.9 Å². The zero-order chi connectivity index (χ0) is 20.3. The fourth-order valence-electron chi connectivity index (χ4n) is 4.30. The molecule has 1 aromatic heterocycles. The Morgan fingerprint density at radius 2 is 1.83 bits per heavy atom. The van der Waals surface area contributed by atoms with Gasteiger partial charge in [-0.2, -0.15) is 8.42 Å². The number of aromatic nitrogens is 1. The van der Waals surface area contributed by atoms with Crippen LogP contribution >= 0.6 is 0 Å². The van der Waals surface area contributed by atoms with Crippen LogP contribution in [0.2, 0.25) is 0 Å². The van der Waals surface area contributed by atoms with Crippen LogP contribution in [0, 0.1) is 0 Å². The molecule has 3 aromatic rings. The molecule has 154 valence electrons. The highest BCUT2D eigenvalue weighted by Crippen LogP contribution is 2.34. The highest BCUT2D eigenvalue weighted by Gasteiger charge is 2.23. The zero-order valence-electron chi connectivity index (χ0n) is 17.0. The summed E-state index contributed by atoms with van der Waals surface area (Å²) in [6, 6.07) is 17.0. The quantitative estimate of drug-likeness (QED) is 0.627. The molecular formula is C23H30N3O2S+. The Morgan fingerprint density at radius 1 is 1.07 bits per heavy atom. The second-order valence-corrected chi connectivity index (χ2v) is 10.2. The van der Waals surface area contributed by atoms with E-state index in [9.17, 15) is 8.42 Å². The van der Waals surface area contributed by atoms with Crippen molar-refractivity contribution in [1.82, 2.24) is 9.88 Å². The van der Waals surface area contributed by atoms with Crippen molar-refractivity contribution in [2.45, 2.75) is 31.7 Å². The number of quaternary nitrogens is 1. The van der Waals surface area contributed by atoms with Gasteiger partial charge in [0.1, 0.15) is 5.75 Å². The van der Waals surface area contributed by atoms with Gasteiger partial charge < -0.3 is 4.98 Å². The van der Waals surface area contributed by atoms with Gasteiger partial charge in [0.2, 0.25) is 0 Å². The first kappa shape index (κ1) is 20.1. The van der Waals surface area contributed by atoms with Crippen LogP contribution < -0.4 is 4.72 Å². The number of hydrogen-bond donors (Lipinski definition) is 2. The number of primary sulfonamides is 1. The molecule has 1 aliphatic rings. The SMILES string of the molecule is C[NH2+]S(=O)(=O)CCc1ccc2[nH]cc(C3CCN(Cc4ccccc4)CC3)c2c1. The van der Waals surface area contributed by atoms with E-state index in [-0.39, 0.29) is 5.75 Å². The van der Waals surface area contributed by atoms with Crippen LogP contribution in [-0.2, 0) is 23.0 Å². The number of aryl methyl sites for hydroxylation is 1. The predicted octanol–water partition coefficient (Wildman–Crippen LogP) is 2.61. The van der Waals surface area contributed by atoms with Crippen molar-refractivity contribution in [3.05, 3.63) is 71.4 Å². The first-order valence-electron chi connectivity index (χ1n) is 10.4. The number of benzene rings is 2. The average molecular weight is 413 g/mol. The van der Waals surface area contributed by atoms with E-state index >= 15 is 0 Å². The third-order valence-electron chi connectivity index (χ3n) is 6.09. The van der Waals surface area contributed by atoms with Gasteiger partial charge in [-0.25, -0.2) is 4.72 Å². The van der Waals surface area contributed by atoms with Crippen molar-refractivity contribution < 1.29 is 13.1 Å². The van der Waals surface area contributed by atoms with E-state index in [4.69, 9.17) is 0 Å². The monoisotopic (exact) mass is 412 g/mol. The van der Waals surface area contributed by atoms with Crippen LogP contribution in [0.3, 0.4) is 0 Å². The Labute approximate surface area is 173 Å². The molecule has 1 saturated heterocycles. The van der Waals surface area contributed by atoms with Crippen LogP contribution in [0.15, 0.2) is 54.7 Å². The number of hydrogen-bond acceptors (Lipinski definition) is 3. The molecule has 1 aliphatic heterocycles. The van der Waals surface area contributed by atoms with Crippen LogP contribution in [0.4, 0.5) is 0 Å². The molecule has 1 fully saturated rings. The lowest BCUT2D eigenvalue weighted by Crippen LogP contribution is -2.83. The van der Waals surface area contributed by atoms with Crippen molar-refractivity contribution in [3.8, 4) is 0 Å². The summed E-state index contributed by atoms with van der Waals surface area (Å²) in [5.41, 5.74) is 4.98. The summed E-state index contributed by atoms with van der Waals surface area (Å²) in [7, 11) is -1.47. The fraction of sp³-hybridized carbons (Fsp3) is 0.391. The molecule has 29 heavy (non-hydrogen) atoms. The second kappa shape index (κ2) is 8.69. The molecule has 2 aromatic carbocycles. The lowest BCUT2D eigenvalue weighted by atomic mass is 9.88. The molecule has 0 spiro atoms. The highest BCUT2D eigenvalue weighted by atomic mass is 32.2. The van der Waals surface area contributed by atoms with E-state index < -0.39 is 10.0 Å². The van der Waals surface area contributed by atoms with E-state index in [1.165, 1.54) is 21.2 Å². The Balaban J connectivity index is 1.43. The molecule has 0 atom stereocenters. The number of fused-ring (bicyclic) bond motifs is 1. The number of aromatic amines is 1. The van der Waals surface area contributed by atoms with Gasteiger partial charge in [-0.3, -0.25) is 4.90 Å². The molecule has 0 bridgehead atoms. The molecule has 6 heteroatoms. The first-order valence-corrected chi connectivity index (χ1v) is 12.1. The van der Waals surface area contributed by atoms with E-state index in [2.05, 4.69) is 58.5 Å². The van der Waals surface area contributed by atoms with Crippen molar-refractivity contribution >= 4 is 20.9 Å². The molecule has 2 heterocycles. The number of piperidine rings is 1. The van der Waals surface area contributed by atoms with E-state index in [0.29, 0.717) is 12.3 Å². The standard InChI is InChI=1S/C23H29N3O2S/c1-24-29(27,28)14-11-18-7-8-23-21(15-18)22(16-25-23)20-9-12-26(13-10-20)17-19-5-3-2-4-6-19/h2-8,15-16,20,24-25H,9-14,17H2,1H3/p+1. The van der Waals surface area contributed by atoms with E-state index in [0.717, 1.165) is 43.6 Å². The highest BCUT2D eigenvalue weighted by molar-refractivity contribution is 7.84. The number of H-pyrrole nitrogens is 1. The average Bonchev–Trinajstić information content (AvgIpc) is 3.17. The number of rotatable bonds is 7. The Kier molecular flexibility index (Phi) is 6.04. The lowest BCUT2D eigenvalue weighted by Gasteiger charge is -2.32. The molecule has 3 N–H and O–H groups in total. The molecular weight excluding hydrogens is 382 g/mol. The van der Waals surface area contributed by atoms with Crippen LogP contribution in [-0.4, -0.2) is 44.2 Å². The number of nitrogens with two attached hydrogens (primary N) is 1. The largest absolute Gasteiger partial charge is 0.361 e. The van der Waals surface area contributed by atoms with Crippen LogP contribution in [0.1, 0.15) is 35.4 Å². The third kappa shape index (κ3) is 4.89. The number of sulfonamides is 1. The lowest BCUT2D eigenvalue weighted by molar-refractivity contribution is -0.461. The van der Waals surface area contributed by atoms with Gasteiger partial charge in [0.25, 0.3) is 10.0 Å². The maximum absolute atomic E-state index is 11.8. The summed E-state index contributed by atoms with van der Waals surface area (Å²) in [5.74, 6) is 0.728. The summed E-state index contributed by atoms with van der Waals surface area (Å²) in [4.78, 5) is 5.95. The minimum atomic E-state index is -3.06. The summed E-state index contributed by atoms with van der Waals surface area (Å²) in [5, 5.41) is 1.25. The second-order valence-electron chi connectivity index (χ2n) is 8.01. The summed E-state index contributed by atoms with van der Waals surface area (Å²) >= 11 is 0. The Morgan fingerprint density at radius 3 is 2.55 bits per heavy atom. The molecule has 0 radical (unpaired) electrons. The third-order valence-corrected chi connectivity index (χ3v) is 7.58. The van der Waals surface area contributed by atoms with Crippen molar-refractivity contribution in [3.63, 3.8) is 0 Å². The topological polar surface area (TPSA) is 69.8 Å². The van der Waals surface area contributed by atoms with Gasteiger partial charge in [-0.05, 0) is 67.1 Å². The summed E-state index contributed by atoms with van der Waals surface area (Å²) < 4.78 is 24.9. The van der Waals surface area contributed by atoms with Gasteiger partial charge in [-0.15, -0.1) is 0 Å². The van der Waals surface area contributed by atoms with Crippen LogP contribution in [0.5, 0.6) is 0 Å². The minimum absolute atomic E-state index is 0.173. The first-order chi connectivity index (χ1) is 14.0. The minimum Gasteiger partial charge on any atom is -0.361 e. The fourth-order valence-corrected chi connectivity index (χ4v) is 5.06. The van der Waals surface area contributed by atoms with Gasteiger partial charge in [0, 0.05) is 23.6 Å². The number of nitrogens with zero attached hydrogens (tertiary/aromatic N) is 1. The van der Waals surface area contributed by atoms with Gasteiger partial charge in [0.05, 0.1) is 7.05 Å². The Hall–Kier alpha value is -2.15. The molecule has 0 saturated carbocycles. The van der Waals surface area contributed by atoms with Crippen molar-refractivity contribution in [2.24, 2.45) is 0 Å². The maximum Gasteiger partial charge on any atom is 0.294 e. The molecule has 5 nitrogen and oxygen atoms in total. The zero-order valence-corrected chi connectivity index (χ0v) is 17.8. The molecule has 4 rings (SSSR count). The smallest absolute Gasteiger partial charge is 0.294 e. The number of likely N-dealkylation sites (tertiary alicyclic amines) is 1. The summed E-state index contributed by atoms with van der Waals surface area (Å²) in [6.45, 7) is 3.24. The van der Waals surface area contributed by atoms with E-state index in [1.54, 1.807) is 7.05 Å². The van der Waals surface area contributed by atoms with E-state index in [1.807, 2.05) is 6.07 Å². The van der Waals surface area contributed by atoms with Crippen molar-refractivity contribution in [1.29, 1.82) is 0 Å². The van der Waals surface area contributed by atoms with Gasteiger partial charge in [0.15, 0.2) is 0 Å². The molecule has 0 amide bonds. The number of nitrogens with one attached hydrogen (secondary N) is 1. The predicted molar refractivity (Wildman–Crippen MR) is 117 cm³/mol. The molecule has 0 unspecified atom stereocenters. The van der Waals surface area contributed by atoms with Crippen LogP contribution in [0.25, 0.3) is 10.9 Å². The molecule has 0 aliphatic carbocycles.